The molecule has 0 radical (unpaired) electrons. The van der Waals surface area contributed by atoms with Crippen LogP contribution in [0.3, 0.4) is 0 Å². The van der Waals surface area contributed by atoms with Crippen LogP contribution < -0.4 is 5.32 Å². The minimum atomic E-state index is 0. The van der Waals surface area contributed by atoms with E-state index >= 15 is 0 Å². The van der Waals surface area contributed by atoms with Crippen LogP contribution in [-0.2, 0) is 11.3 Å². The summed E-state index contributed by atoms with van der Waals surface area (Å²) in [6, 6.07) is 23.1. The molecule has 0 saturated carbocycles. The third kappa shape index (κ3) is 5.82. The number of fused-ring (bicyclic) bond motifs is 1. The summed E-state index contributed by atoms with van der Waals surface area (Å²) in [4.78, 5) is 17.2. The molecule has 4 rings (SSSR count). The Morgan fingerprint density at radius 3 is 2.40 bits per heavy atom. The summed E-state index contributed by atoms with van der Waals surface area (Å²) >= 11 is 0. The lowest BCUT2D eigenvalue weighted by atomic mass is 10.0. The molecule has 4 nitrogen and oxygen atoms in total. The van der Waals surface area contributed by atoms with Crippen molar-refractivity contribution in [3.05, 3.63) is 77.9 Å². The smallest absolute Gasteiger partial charge is 0.225 e. The fourth-order valence-electron chi connectivity index (χ4n) is 4.05. The normalized spacial score (nSPS) is 15.0. The van der Waals surface area contributed by atoms with Gasteiger partial charge in [-0.25, -0.2) is 0 Å². The lowest BCUT2D eigenvalue weighted by Gasteiger charge is -2.34. The lowest BCUT2D eigenvalue weighted by Crippen LogP contribution is -2.46. The number of nitrogens with zero attached hydrogens (tertiary/aromatic N) is 2. The highest BCUT2D eigenvalue weighted by atomic mass is 35.5. The minimum absolute atomic E-state index is 0. The number of hydrogen-bond acceptors (Lipinski definition) is 3. The molecule has 3 aromatic carbocycles. The predicted molar refractivity (Wildman–Crippen MR) is 127 cm³/mol. The Balaban J connectivity index is 0.00000256. The number of anilines is 1. The van der Waals surface area contributed by atoms with Crippen molar-refractivity contribution in [1.82, 2.24) is 9.80 Å². The molecule has 158 valence electrons. The van der Waals surface area contributed by atoms with E-state index in [1.165, 1.54) is 16.3 Å². The maximum atomic E-state index is 12.2. The molecule has 0 aromatic heterocycles. The van der Waals surface area contributed by atoms with Crippen molar-refractivity contribution in [3.8, 4) is 0 Å². The van der Waals surface area contributed by atoms with Crippen LogP contribution in [0.4, 0.5) is 5.69 Å². The number of rotatable bonds is 6. The second-order valence-corrected chi connectivity index (χ2v) is 7.92. The molecular weight excluding hydrogens is 394 g/mol. The van der Waals surface area contributed by atoms with E-state index in [0.29, 0.717) is 6.42 Å². The molecule has 1 aliphatic heterocycles. The first-order valence-corrected chi connectivity index (χ1v) is 10.5. The molecule has 0 unspecified atom stereocenters. The molecule has 0 aliphatic carbocycles. The molecule has 0 spiro atoms. The molecule has 1 saturated heterocycles. The zero-order valence-corrected chi connectivity index (χ0v) is 18.3. The molecule has 5 heteroatoms. The van der Waals surface area contributed by atoms with Crippen molar-refractivity contribution in [2.24, 2.45) is 0 Å². The number of nitrogens with one attached hydrogen (secondary N) is 1. The summed E-state index contributed by atoms with van der Waals surface area (Å²) in [7, 11) is 0. The van der Waals surface area contributed by atoms with E-state index in [1.54, 1.807) is 0 Å². The van der Waals surface area contributed by atoms with Crippen LogP contribution in [0.25, 0.3) is 10.8 Å². The molecule has 0 atom stereocenters. The Hall–Kier alpha value is -2.40. The molecule has 30 heavy (non-hydrogen) atoms. The van der Waals surface area contributed by atoms with Gasteiger partial charge >= 0.3 is 0 Å². The number of carbonyl (C=O) groups is 1. The number of hydrogen-bond donors (Lipinski definition) is 1. The predicted octanol–water partition coefficient (Wildman–Crippen LogP) is 4.72. The second-order valence-electron chi connectivity index (χ2n) is 7.92. The van der Waals surface area contributed by atoms with Crippen LogP contribution in [0.2, 0.25) is 0 Å². The first kappa shape index (κ1) is 22.3. The minimum Gasteiger partial charge on any atom is -0.326 e. The first-order valence-electron chi connectivity index (χ1n) is 10.5. The van der Waals surface area contributed by atoms with E-state index in [0.717, 1.165) is 50.5 Å². The van der Waals surface area contributed by atoms with Gasteiger partial charge in [0.1, 0.15) is 0 Å². The molecule has 1 amide bonds. The van der Waals surface area contributed by atoms with Crippen LogP contribution >= 0.6 is 12.4 Å². The summed E-state index contributed by atoms with van der Waals surface area (Å²) in [5, 5.41) is 5.67. The van der Waals surface area contributed by atoms with Crippen LogP contribution in [0.5, 0.6) is 0 Å². The fourth-order valence-corrected chi connectivity index (χ4v) is 4.05. The summed E-state index contributed by atoms with van der Waals surface area (Å²) in [6.45, 7) is 7.96. The average Bonchev–Trinajstić information content (AvgIpc) is 2.74. The highest BCUT2D eigenvalue weighted by molar-refractivity contribution is 5.90. The zero-order valence-electron chi connectivity index (χ0n) is 17.5. The Morgan fingerprint density at radius 1 is 0.900 bits per heavy atom. The van der Waals surface area contributed by atoms with Gasteiger partial charge in [0.25, 0.3) is 0 Å². The summed E-state index contributed by atoms with van der Waals surface area (Å²) in [5.74, 6) is 0.0915. The number of piperazine rings is 1. The number of benzene rings is 3. The van der Waals surface area contributed by atoms with Crippen LogP contribution in [0.1, 0.15) is 17.5 Å². The van der Waals surface area contributed by atoms with E-state index in [1.807, 2.05) is 31.2 Å². The second kappa shape index (κ2) is 10.6. The molecule has 1 fully saturated rings. The number of halogens is 1. The van der Waals surface area contributed by atoms with Crippen molar-refractivity contribution in [2.45, 2.75) is 19.9 Å². The fraction of sp³-hybridized carbons (Fsp3) is 0.320. The van der Waals surface area contributed by atoms with E-state index in [9.17, 15) is 4.79 Å². The van der Waals surface area contributed by atoms with Crippen LogP contribution in [0.15, 0.2) is 66.7 Å². The quantitative estimate of drug-likeness (QED) is 0.623. The number of amides is 1. The van der Waals surface area contributed by atoms with Crippen LogP contribution in [-0.4, -0.2) is 48.4 Å². The van der Waals surface area contributed by atoms with Gasteiger partial charge in [-0.15, -0.1) is 12.4 Å². The zero-order chi connectivity index (χ0) is 20.1. The van der Waals surface area contributed by atoms with Gasteiger partial charge in [0.15, 0.2) is 0 Å². The van der Waals surface area contributed by atoms with Gasteiger partial charge in [-0.05, 0) is 41.0 Å². The largest absolute Gasteiger partial charge is 0.326 e. The molecule has 1 heterocycles. The molecule has 1 N–H and O–H groups in total. The summed E-state index contributed by atoms with van der Waals surface area (Å²) in [5.41, 5.74) is 3.44. The van der Waals surface area contributed by atoms with Gasteiger partial charge in [-0.1, -0.05) is 54.6 Å². The van der Waals surface area contributed by atoms with Gasteiger partial charge in [0.05, 0.1) is 0 Å². The first-order chi connectivity index (χ1) is 14.2. The molecular formula is C25H30ClN3O. The maximum Gasteiger partial charge on any atom is 0.225 e. The van der Waals surface area contributed by atoms with Crippen molar-refractivity contribution in [1.29, 1.82) is 0 Å². The van der Waals surface area contributed by atoms with Crippen LogP contribution in [0, 0.1) is 6.92 Å². The summed E-state index contributed by atoms with van der Waals surface area (Å²) < 4.78 is 0. The average molecular weight is 424 g/mol. The van der Waals surface area contributed by atoms with Crippen molar-refractivity contribution in [3.63, 3.8) is 0 Å². The highest BCUT2D eigenvalue weighted by Gasteiger charge is 2.18. The van der Waals surface area contributed by atoms with Gasteiger partial charge in [-0.2, -0.15) is 0 Å². The third-order valence-corrected chi connectivity index (χ3v) is 5.70. The molecule has 1 aliphatic rings. The third-order valence-electron chi connectivity index (χ3n) is 5.70. The molecule has 3 aromatic rings. The summed E-state index contributed by atoms with van der Waals surface area (Å²) in [6.07, 6.45) is 0.539. The monoisotopic (exact) mass is 423 g/mol. The maximum absolute atomic E-state index is 12.2. The van der Waals surface area contributed by atoms with Crippen molar-refractivity contribution in [2.75, 3.05) is 38.0 Å². The van der Waals surface area contributed by atoms with E-state index in [4.69, 9.17) is 0 Å². The molecule has 0 bridgehead atoms. The lowest BCUT2D eigenvalue weighted by molar-refractivity contribution is -0.116. The van der Waals surface area contributed by atoms with Gasteiger partial charge in [0.2, 0.25) is 5.91 Å². The topological polar surface area (TPSA) is 35.6 Å². The van der Waals surface area contributed by atoms with Gasteiger partial charge < -0.3 is 10.2 Å². The standard InChI is InChI=1S/C25H29N3O.ClH/c1-20-6-4-10-23(18-20)26-25(29)12-13-27-14-16-28(17-15-27)19-22-9-5-8-21-7-2-3-11-24(21)22;/h2-11,18H,12-17,19H2,1H3,(H,26,29);1H. The number of aryl methyl sites for hydroxylation is 1. The van der Waals surface area contributed by atoms with E-state index < -0.39 is 0 Å². The Labute approximate surface area is 185 Å². The van der Waals surface area contributed by atoms with E-state index in [2.05, 4.69) is 57.6 Å². The Kier molecular flexibility index (Phi) is 7.86. The number of carbonyl (C=O) groups excluding carboxylic acids is 1. The van der Waals surface area contributed by atoms with Crippen molar-refractivity contribution < 1.29 is 4.79 Å². The highest BCUT2D eigenvalue weighted by Crippen LogP contribution is 2.20. The van der Waals surface area contributed by atoms with Gasteiger partial charge in [-0.3, -0.25) is 9.69 Å². The Bertz CT molecular complexity index is 978. The van der Waals surface area contributed by atoms with Crippen molar-refractivity contribution >= 4 is 34.8 Å². The SMILES string of the molecule is Cc1cccc(NC(=O)CCN2CCN(Cc3cccc4ccccc34)CC2)c1.Cl. The van der Waals surface area contributed by atoms with E-state index in [-0.39, 0.29) is 18.3 Å². The Morgan fingerprint density at radius 2 is 1.60 bits per heavy atom. The van der Waals surface area contributed by atoms with Gasteiger partial charge in [0, 0.05) is 51.4 Å².